The topological polar surface area (TPSA) is 101 Å². The standard InChI is InChI=1S/C11H22N4O5S/c1-12(2)11(18)14-6-8-15(9-7-14)21(19,20)13(3)5-4-10(16)17/h4-9H2,1-3H3,(H,16,17). The highest BCUT2D eigenvalue weighted by Crippen LogP contribution is 2.12. The van der Waals surface area contributed by atoms with Gasteiger partial charge in [-0.1, -0.05) is 0 Å². The summed E-state index contributed by atoms with van der Waals surface area (Å²) >= 11 is 0. The second-order valence-corrected chi connectivity index (χ2v) is 7.07. The van der Waals surface area contributed by atoms with E-state index in [0.717, 1.165) is 4.31 Å². The molecule has 0 spiro atoms. The molecule has 1 fully saturated rings. The molecule has 0 aromatic rings. The van der Waals surface area contributed by atoms with E-state index in [4.69, 9.17) is 5.11 Å². The second-order valence-electron chi connectivity index (χ2n) is 5.04. The van der Waals surface area contributed by atoms with Crippen molar-refractivity contribution in [2.24, 2.45) is 0 Å². The van der Waals surface area contributed by atoms with Gasteiger partial charge in [-0.05, 0) is 0 Å². The van der Waals surface area contributed by atoms with Crippen LogP contribution in [0.15, 0.2) is 0 Å². The summed E-state index contributed by atoms with van der Waals surface area (Å²) in [5, 5.41) is 8.60. The van der Waals surface area contributed by atoms with Crippen LogP contribution >= 0.6 is 0 Å². The first-order valence-electron chi connectivity index (χ1n) is 6.55. The van der Waals surface area contributed by atoms with Gasteiger partial charge in [0.25, 0.3) is 10.2 Å². The fourth-order valence-electron chi connectivity index (χ4n) is 1.96. The molecule has 21 heavy (non-hydrogen) atoms. The van der Waals surface area contributed by atoms with E-state index in [2.05, 4.69) is 0 Å². The van der Waals surface area contributed by atoms with Gasteiger partial charge in [0, 0.05) is 53.9 Å². The molecule has 9 nitrogen and oxygen atoms in total. The number of carboxylic acid groups (broad SMARTS) is 1. The van der Waals surface area contributed by atoms with Crippen molar-refractivity contribution in [2.75, 3.05) is 53.9 Å². The average molecular weight is 322 g/mol. The van der Waals surface area contributed by atoms with E-state index in [9.17, 15) is 18.0 Å². The maximum absolute atomic E-state index is 12.3. The van der Waals surface area contributed by atoms with Crippen LogP contribution in [0.2, 0.25) is 0 Å². The van der Waals surface area contributed by atoms with Crippen LogP contribution in [-0.2, 0) is 15.0 Å². The molecule has 1 N–H and O–H groups in total. The normalized spacial score (nSPS) is 17.0. The fourth-order valence-corrected chi connectivity index (χ4v) is 3.30. The van der Waals surface area contributed by atoms with Crippen molar-refractivity contribution in [1.29, 1.82) is 0 Å². The number of rotatable bonds is 5. The molecule has 2 amide bonds. The molecule has 1 heterocycles. The molecule has 122 valence electrons. The molecule has 0 atom stereocenters. The summed E-state index contributed by atoms with van der Waals surface area (Å²) in [4.78, 5) is 25.3. The largest absolute Gasteiger partial charge is 0.481 e. The second kappa shape index (κ2) is 7.05. The average Bonchev–Trinajstić information content (AvgIpc) is 2.43. The summed E-state index contributed by atoms with van der Waals surface area (Å²) in [5.41, 5.74) is 0. The van der Waals surface area contributed by atoms with E-state index in [-0.39, 0.29) is 32.1 Å². The number of piperazine rings is 1. The Morgan fingerprint density at radius 3 is 2.05 bits per heavy atom. The van der Waals surface area contributed by atoms with Crippen molar-refractivity contribution in [1.82, 2.24) is 18.4 Å². The first-order chi connectivity index (χ1) is 9.66. The molecule has 0 aromatic carbocycles. The number of hydrogen-bond acceptors (Lipinski definition) is 4. The molecule has 1 aliphatic rings. The molecule has 0 aliphatic carbocycles. The molecular weight excluding hydrogens is 300 g/mol. The van der Waals surface area contributed by atoms with Gasteiger partial charge in [0.2, 0.25) is 0 Å². The van der Waals surface area contributed by atoms with Gasteiger partial charge in [-0.3, -0.25) is 4.79 Å². The van der Waals surface area contributed by atoms with Crippen LogP contribution in [-0.4, -0.2) is 97.8 Å². The summed E-state index contributed by atoms with van der Waals surface area (Å²) in [5.74, 6) is -1.04. The maximum Gasteiger partial charge on any atom is 0.319 e. The van der Waals surface area contributed by atoms with Gasteiger partial charge < -0.3 is 14.9 Å². The zero-order chi connectivity index (χ0) is 16.2. The molecule has 10 heteroatoms. The molecule has 0 radical (unpaired) electrons. The van der Waals surface area contributed by atoms with Crippen LogP contribution in [0.3, 0.4) is 0 Å². The van der Waals surface area contributed by atoms with Crippen LogP contribution in [0.4, 0.5) is 4.79 Å². The lowest BCUT2D eigenvalue weighted by molar-refractivity contribution is -0.137. The summed E-state index contributed by atoms with van der Waals surface area (Å²) in [6.07, 6.45) is -0.241. The molecule has 1 rings (SSSR count). The number of carboxylic acids is 1. The number of carbonyl (C=O) groups is 2. The number of carbonyl (C=O) groups excluding carboxylic acids is 1. The minimum Gasteiger partial charge on any atom is -0.481 e. The molecule has 0 bridgehead atoms. The highest BCUT2D eigenvalue weighted by Gasteiger charge is 2.32. The predicted molar refractivity (Wildman–Crippen MR) is 76.0 cm³/mol. The van der Waals surface area contributed by atoms with E-state index in [1.165, 1.54) is 16.3 Å². The van der Waals surface area contributed by atoms with Crippen LogP contribution in [0, 0.1) is 0 Å². The smallest absolute Gasteiger partial charge is 0.319 e. The minimum absolute atomic E-state index is 0.0749. The van der Waals surface area contributed by atoms with Crippen molar-refractivity contribution in [3.63, 3.8) is 0 Å². The van der Waals surface area contributed by atoms with E-state index >= 15 is 0 Å². The van der Waals surface area contributed by atoms with E-state index in [1.807, 2.05) is 0 Å². The molecular formula is C11H22N4O5S. The van der Waals surface area contributed by atoms with E-state index in [1.54, 1.807) is 19.0 Å². The number of urea groups is 1. The summed E-state index contributed by atoms with van der Waals surface area (Å²) < 4.78 is 26.8. The third kappa shape index (κ3) is 4.55. The summed E-state index contributed by atoms with van der Waals surface area (Å²) in [7, 11) is 0.969. The van der Waals surface area contributed by atoms with Crippen LogP contribution in [0.1, 0.15) is 6.42 Å². The highest BCUT2D eigenvalue weighted by molar-refractivity contribution is 7.86. The summed E-state index contributed by atoms with van der Waals surface area (Å²) in [6.45, 7) is 0.985. The van der Waals surface area contributed by atoms with Gasteiger partial charge in [0.15, 0.2) is 0 Å². The number of nitrogens with zero attached hydrogens (tertiary/aromatic N) is 4. The lowest BCUT2D eigenvalue weighted by Gasteiger charge is -2.36. The monoisotopic (exact) mass is 322 g/mol. The first-order valence-corrected chi connectivity index (χ1v) is 7.95. The Bertz CT molecular complexity index is 485. The Labute approximate surface area is 124 Å². The van der Waals surface area contributed by atoms with Crippen molar-refractivity contribution in [3.8, 4) is 0 Å². The quantitative estimate of drug-likeness (QED) is 0.695. The SMILES string of the molecule is CN(C)C(=O)N1CCN(S(=O)(=O)N(C)CCC(=O)O)CC1. The Kier molecular flexibility index (Phi) is 5.93. The van der Waals surface area contributed by atoms with Gasteiger partial charge in [0.1, 0.15) is 0 Å². The van der Waals surface area contributed by atoms with E-state index < -0.39 is 16.2 Å². The molecule has 1 saturated heterocycles. The van der Waals surface area contributed by atoms with E-state index in [0.29, 0.717) is 13.1 Å². The lowest BCUT2D eigenvalue weighted by atomic mass is 10.4. The van der Waals surface area contributed by atoms with Gasteiger partial charge in [-0.2, -0.15) is 17.0 Å². The van der Waals surface area contributed by atoms with Crippen LogP contribution < -0.4 is 0 Å². The Hall–Kier alpha value is -1.39. The highest BCUT2D eigenvalue weighted by atomic mass is 32.2. The zero-order valence-corrected chi connectivity index (χ0v) is 13.3. The van der Waals surface area contributed by atoms with Crippen LogP contribution in [0.25, 0.3) is 0 Å². The Morgan fingerprint density at radius 1 is 1.10 bits per heavy atom. The van der Waals surface area contributed by atoms with Gasteiger partial charge in [-0.15, -0.1) is 0 Å². The maximum atomic E-state index is 12.3. The van der Waals surface area contributed by atoms with Gasteiger partial charge >= 0.3 is 12.0 Å². The third-order valence-electron chi connectivity index (χ3n) is 3.25. The lowest BCUT2D eigenvalue weighted by Crippen LogP contribution is -2.55. The Morgan fingerprint density at radius 2 is 1.62 bits per heavy atom. The minimum atomic E-state index is -3.68. The zero-order valence-electron chi connectivity index (χ0n) is 12.5. The molecule has 0 unspecified atom stereocenters. The predicted octanol–water partition coefficient (Wildman–Crippen LogP) is -1.06. The number of aliphatic carboxylic acids is 1. The van der Waals surface area contributed by atoms with Crippen molar-refractivity contribution in [2.45, 2.75) is 6.42 Å². The molecule has 0 saturated carbocycles. The molecule has 0 aromatic heterocycles. The third-order valence-corrected chi connectivity index (χ3v) is 5.24. The fraction of sp³-hybridized carbons (Fsp3) is 0.818. The van der Waals surface area contributed by atoms with Gasteiger partial charge in [0.05, 0.1) is 6.42 Å². The Balaban J connectivity index is 2.59. The number of amides is 2. The first kappa shape index (κ1) is 17.7. The van der Waals surface area contributed by atoms with Crippen molar-refractivity contribution >= 4 is 22.2 Å². The summed E-state index contributed by atoms with van der Waals surface area (Å²) in [6, 6.07) is -0.147. The number of hydrogen-bond donors (Lipinski definition) is 1. The van der Waals surface area contributed by atoms with Crippen LogP contribution in [0.5, 0.6) is 0 Å². The van der Waals surface area contributed by atoms with Crippen molar-refractivity contribution in [3.05, 3.63) is 0 Å². The molecule has 1 aliphatic heterocycles. The van der Waals surface area contributed by atoms with Crippen molar-refractivity contribution < 1.29 is 23.1 Å². The van der Waals surface area contributed by atoms with Gasteiger partial charge in [-0.25, -0.2) is 4.79 Å².